The lowest BCUT2D eigenvalue weighted by Crippen LogP contribution is -2.36. The van der Waals surface area contributed by atoms with Gasteiger partial charge in [-0.25, -0.2) is 0 Å². The Morgan fingerprint density at radius 1 is 1.36 bits per heavy atom. The molecular weight excluding hydrogens is 290 g/mol. The fourth-order valence-electron chi connectivity index (χ4n) is 2.87. The first-order valence-electron chi connectivity index (χ1n) is 7.70. The Hall–Kier alpha value is -1.40. The minimum Gasteiger partial charge on any atom is -0.493 e. The largest absolute Gasteiger partial charge is 0.493 e. The quantitative estimate of drug-likeness (QED) is 0.800. The van der Waals surface area contributed by atoms with Crippen LogP contribution in [-0.4, -0.2) is 44.3 Å². The van der Waals surface area contributed by atoms with Gasteiger partial charge in [-0.3, -0.25) is 4.90 Å². The summed E-state index contributed by atoms with van der Waals surface area (Å²) in [5, 5.41) is 3.38. The van der Waals surface area contributed by atoms with Crippen molar-refractivity contribution in [3.05, 3.63) is 23.8 Å². The molecule has 0 radical (unpaired) electrons. The molecule has 0 bridgehead atoms. The van der Waals surface area contributed by atoms with Crippen molar-refractivity contribution >= 4 is 0 Å². The Balaban J connectivity index is 2.09. The van der Waals surface area contributed by atoms with Crippen LogP contribution in [0.1, 0.15) is 25.3 Å². The number of ether oxygens (including phenoxy) is 2. The zero-order chi connectivity index (χ0) is 15.9. The van der Waals surface area contributed by atoms with Gasteiger partial charge in [0, 0.05) is 19.1 Å². The van der Waals surface area contributed by atoms with E-state index in [4.69, 9.17) is 4.74 Å². The molecule has 1 N–H and O–H groups in total. The van der Waals surface area contributed by atoms with Crippen LogP contribution < -0.4 is 14.8 Å². The van der Waals surface area contributed by atoms with Gasteiger partial charge in [0.15, 0.2) is 11.5 Å². The molecule has 0 aromatic heterocycles. The summed E-state index contributed by atoms with van der Waals surface area (Å²) in [6.45, 7) is 3.17. The normalized spacial score (nSPS) is 18.2. The minimum absolute atomic E-state index is 0.0748. The highest BCUT2D eigenvalue weighted by Gasteiger charge is 2.22. The van der Waals surface area contributed by atoms with E-state index in [2.05, 4.69) is 21.9 Å². The van der Waals surface area contributed by atoms with Crippen LogP contribution in [0.15, 0.2) is 18.2 Å². The number of alkyl halides is 2. The van der Waals surface area contributed by atoms with Crippen LogP contribution >= 0.6 is 0 Å². The van der Waals surface area contributed by atoms with Gasteiger partial charge in [-0.15, -0.1) is 0 Å². The highest BCUT2D eigenvalue weighted by atomic mass is 19.3. The molecule has 22 heavy (non-hydrogen) atoms. The number of nitrogens with one attached hydrogen (secondary N) is 1. The van der Waals surface area contributed by atoms with Gasteiger partial charge in [0.1, 0.15) is 0 Å². The summed E-state index contributed by atoms with van der Waals surface area (Å²) in [7, 11) is 1.46. The third-order valence-corrected chi connectivity index (χ3v) is 3.89. The Kier molecular flexibility index (Phi) is 6.39. The molecule has 1 aliphatic heterocycles. The number of hydrogen-bond acceptors (Lipinski definition) is 4. The lowest BCUT2D eigenvalue weighted by Gasteiger charge is -2.28. The first kappa shape index (κ1) is 17.0. The van der Waals surface area contributed by atoms with Crippen LogP contribution in [0.4, 0.5) is 8.78 Å². The fourth-order valence-corrected chi connectivity index (χ4v) is 2.87. The SMILES string of the molecule is CCCN(Cc1ccc(OC(F)F)c(OC)c1)C1CCNC1. The van der Waals surface area contributed by atoms with Gasteiger partial charge in [-0.1, -0.05) is 13.0 Å². The zero-order valence-corrected chi connectivity index (χ0v) is 13.1. The average Bonchev–Trinajstić information content (AvgIpc) is 3.02. The molecule has 1 atom stereocenters. The molecule has 4 nitrogen and oxygen atoms in total. The molecule has 0 amide bonds. The molecule has 1 aromatic carbocycles. The summed E-state index contributed by atoms with van der Waals surface area (Å²) in [5.74, 6) is 0.421. The summed E-state index contributed by atoms with van der Waals surface area (Å²) in [6, 6.07) is 5.69. The smallest absolute Gasteiger partial charge is 0.387 e. The number of nitrogens with zero attached hydrogens (tertiary/aromatic N) is 1. The Labute approximate surface area is 130 Å². The van der Waals surface area contributed by atoms with Crippen LogP contribution in [0.5, 0.6) is 11.5 Å². The van der Waals surface area contributed by atoms with Gasteiger partial charge in [-0.05, 0) is 43.6 Å². The molecule has 124 valence electrons. The predicted octanol–water partition coefficient (Wildman–Crippen LogP) is 2.87. The summed E-state index contributed by atoms with van der Waals surface area (Å²) in [6.07, 6.45) is 2.23. The molecule has 1 unspecified atom stereocenters. The maximum Gasteiger partial charge on any atom is 0.387 e. The van der Waals surface area contributed by atoms with E-state index in [1.165, 1.54) is 7.11 Å². The number of halogens is 2. The fraction of sp³-hybridized carbons (Fsp3) is 0.625. The second kappa shape index (κ2) is 8.29. The van der Waals surface area contributed by atoms with Crippen molar-refractivity contribution in [1.29, 1.82) is 0 Å². The number of methoxy groups -OCH3 is 1. The number of benzene rings is 1. The molecule has 2 rings (SSSR count). The summed E-state index contributed by atoms with van der Waals surface area (Å²) < 4.78 is 34.3. The Morgan fingerprint density at radius 3 is 2.77 bits per heavy atom. The monoisotopic (exact) mass is 314 g/mol. The lowest BCUT2D eigenvalue weighted by atomic mass is 10.1. The predicted molar refractivity (Wildman–Crippen MR) is 81.6 cm³/mol. The van der Waals surface area contributed by atoms with Gasteiger partial charge >= 0.3 is 6.61 Å². The van der Waals surface area contributed by atoms with E-state index in [0.29, 0.717) is 11.8 Å². The summed E-state index contributed by atoms with van der Waals surface area (Å²) in [5.41, 5.74) is 1.04. The molecule has 1 heterocycles. The number of hydrogen-bond donors (Lipinski definition) is 1. The van der Waals surface area contributed by atoms with E-state index in [9.17, 15) is 8.78 Å². The van der Waals surface area contributed by atoms with Crippen molar-refractivity contribution in [2.45, 2.75) is 39.0 Å². The van der Waals surface area contributed by atoms with Gasteiger partial charge in [-0.2, -0.15) is 8.78 Å². The van der Waals surface area contributed by atoms with Crippen molar-refractivity contribution in [1.82, 2.24) is 10.2 Å². The van der Waals surface area contributed by atoms with Crippen molar-refractivity contribution in [3.8, 4) is 11.5 Å². The van der Waals surface area contributed by atoms with Gasteiger partial charge in [0.2, 0.25) is 0 Å². The van der Waals surface area contributed by atoms with Crippen LogP contribution in [-0.2, 0) is 6.54 Å². The maximum absolute atomic E-state index is 12.4. The maximum atomic E-state index is 12.4. The average molecular weight is 314 g/mol. The molecule has 1 aromatic rings. The third kappa shape index (κ3) is 4.55. The minimum atomic E-state index is -2.85. The van der Waals surface area contributed by atoms with Crippen molar-refractivity contribution in [2.75, 3.05) is 26.7 Å². The highest BCUT2D eigenvalue weighted by molar-refractivity contribution is 5.43. The van der Waals surface area contributed by atoms with Crippen LogP contribution in [0.25, 0.3) is 0 Å². The summed E-state index contributed by atoms with van der Waals surface area (Å²) in [4.78, 5) is 2.43. The molecule has 0 spiro atoms. The standard InChI is InChI=1S/C16H24F2N2O2/c1-3-8-20(13-6-7-19-10-13)11-12-4-5-14(22-16(17)18)15(9-12)21-2/h4-5,9,13,16,19H,3,6-8,10-11H2,1-2H3. The molecule has 0 aliphatic carbocycles. The molecule has 1 fully saturated rings. The van der Waals surface area contributed by atoms with E-state index in [1.807, 2.05) is 6.07 Å². The molecule has 1 aliphatic rings. The van der Waals surface area contributed by atoms with E-state index >= 15 is 0 Å². The van der Waals surface area contributed by atoms with Crippen LogP contribution in [0.2, 0.25) is 0 Å². The molecule has 0 saturated carbocycles. The topological polar surface area (TPSA) is 33.7 Å². The second-order valence-corrected chi connectivity index (χ2v) is 5.48. The highest BCUT2D eigenvalue weighted by Crippen LogP contribution is 2.30. The van der Waals surface area contributed by atoms with Crippen molar-refractivity contribution in [2.24, 2.45) is 0 Å². The first-order valence-corrected chi connectivity index (χ1v) is 7.70. The van der Waals surface area contributed by atoms with Crippen LogP contribution in [0.3, 0.4) is 0 Å². The molecule has 1 saturated heterocycles. The van der Waals surface area contributed by atoms with E-state index < -0.39 is 6.61 Å². The third-order valence-electron chi connectivity index (χ3n) is 3.89. The Morgan fingerprint density at radius 2 is 2.18 bits per heavy atom. The number of rotatable bonds is 8. The van der Waals surface area contributed by atoms with E-state index in [-0.39, 0.29) is 5.75 Å². The van der Waals surface area contributed by atoms with Gasteiger partial charge < -0.3 is 14.8 Å². The molecular formula is C16H24F2N2O2. The Bertz CT molecular complexity index is 465. The second-order valence-electron chi connectivity index (χ2n) is 5.48. The van der Waals surface area contributed by atoms with Gasteiger partial charge in [0.25, 0.3) is 0 Å². The zero-order valence-electron chi connectivity index (χ0n) is 13.1. The first-order chi connectivity index (χ1) is 10.6. The van der Waals surface area contributed by atoms with E-state index in [1.54, 1.807) is 12.1 Å². The van der Waals surface area contributed by atoms with E-state index in [0.717, 1.165) is 44.6 Å². The summed E-state index contributed by atoms with van der Waals surface area (Å²) >= 11 is 0. The van der Waals surface area contributed by atoms with Gasteiger partial charge in [0.05, 0.1) is 7.11 Å². The van der Waals surface area contributed by atoms with Crippen LogP contribution in [0, 0.1) is 0 Å². The van der Waals surface area contributed by atoms with Crippen molar-refractivity contribution < 1.29 is 18.3 Å². The van der Waals surface area contributed by atoms with Crippen molar-refractivity contribution in [3.63, 3.8) is 0 Å². The molecule has 6 heteroatoms. The lowest BCUT2D eigenvalue weighted by molar-refractivity contribution is -0.0512.